The smallest absolute Gasteiger partial charge is 0.000980 e. The van der Waals surface area contributed by atoms with Gasteiger partial charge in [0, 0.05) is 6.54 Å². The molecule has 60 valence electrons. The topological polar surface area (TPSA) is 3.24 Å². The second kappa shape index (κ2) is 5.48. The summed E-state index contributed by atoms with van der Waals surface area (Å²) in [6, 6.07) is 0. The molecule has 10 heavy (non-hydrogen) atoms. The van der Waals surface area contributed by atoms with Crippen molar-refractivity contribution in [3.8, 4) is 0 Å². The summed E-state index contributed by atoms with van der Waals surface area (Å²) in [4.78, 5) is 2.20. The lowest BCUT2D eigenvalue weighted by atomic mass is 10.2. The molecule has 0 bridgehead atoms. The predicted octanol–water partition coefficient (Wildman–Crippen LogP) is 2.15. The summed E-state index contributed by atoms with van der Waals surface area (Å²) >= 11 is 0. The highest BCUT2D eigenvalue weighted by Crippen LogP contribution is 1.95. The Bertz CT molecular complexity index is 92.9. The van der Waals surface area contributed by atoms with Crippen molar-refractivity contribution in [1.82, 2.24) is 4.90 Å². The van der Waals surface area contributed by atoms with Gasteiger partial charge in [-0.3, -0.25) is 0 Å². The first-order valence-corrected chi connectivity index (χ1v) is 3.94. The largest absolute Gasteiger partial charge is 0.309 e. The van der Waals surface area contributed by atoms with E-state index in [1.165, 1.54) is 6.42 Å². The van der Waals surface area contributed by atoms with Crippen LogP contribution in [0.4, 0.5) is 0 Å². The quantitative estimate of drug-likeness (QED) is 0.542. The van der Waals surface area contributed by atoms with Crippen molar-refractivity contribution in [2.45, 2.75) is 20.3 Å². The van der Waals surface area contributed by atoms with Gasteiger partial charge in [-0.15, -0.1) is 0 Å². The summed E-state index contributed by atoms with van der Waals surface area (Å²) in [5.74, 6) is 0.696. The minimum absolute atomic E-state index is 0.696. The second-order valence-corrected chi connectivity index (χ2v) is 3.26. The standard InChI is InChI=1S/C9H19N/c1-9(2)7-5-6-8-10(3)4/h5,7,9H,6,8H2,1-4H3. The molecule has 0 aliphatic rings. The molecule has 0 atom stereocenters. The minimum Gasteiger partial charge on any atom is -0.309 e. The van der Waals surface area contributed by atoms with Crippen molar-refractivity contribution in [3.05, 3.63) is 12.2 Å². The number of nitrogens with zero attached hydrogens (tertiary/aromatic N) is 1. The van der Waals surface area contributed by atoms with Gasteiger partial charge in [0.05, 0.1) is 0 Å². The molecular weight excluding hydrogens is 122 g/mol. The maximum Gasteiger partial charge on any atom is 0.000980 e. The molecule has 0 aromatic rings. The molecule has 0 radical (unpaired) electrons. The van der Waals surface area contributed by atoms with Gasteiger partial charge in [-0.2, -0.15) is 0 Å². The van der Waals surface area contributed by atoms with Gasteiger partial charge in [0.1, 0.15) is 0 Å². The third kappa shape index (κ3) is 7.70. The Labute approximate surface area is 64.7 Å². The summed E-state index contributed by atoms with van der Waals surface area (Å²) < 4.78 is 0. The Morgan fingerprint density at radius 3 is 2.30 bits per heavy atom. The number of rotatable bonds is 4. The Hall–Kier alpha value is -0.300. The molecule has 0 saturated carbocycles. The van der Waals surface area contributed by atoms with E-state index >= 15 is 0 Å². The minimum atomic E-state index is 0.696. The van der Waals surface area contributed by atoms with Crippen LogP contribution >= 0.6 is 0 Å². The van der Waals surface area contributed by atoms with Crippen LogP contribution in [-0.4, -0.2) is 25.5 Å². The van der Waals surface area contributed by atoms with E-state index in [9.17, 15) is 0 Å². The molecule has 0 spiro atoms. The van der Waals surface area contributed by atoms with Gasteiger partial charge < -0.3 is 4.90 Å². The number of hydrogen-bond donors (Lipinski definition) is 0. The number of hydrogen-bond acceptors (Lipinski definition) is 1. The van der Waals surface area contributed by atoms with Gasteiger partial charge in [-0.25, -0.2) is 0 Å². The molecule has 0 aromatic heterocycles. The van der Waals surface area contributed by atoms with E-state index in [4.69, 9.17) is 0 Å². The monoisotopic (exact) mass is 141 g/mol. The molecule has 0 fully saturated rings. The van der Waals surface area contributed by atoms with E-state index in [1.807, 2.05) is 0 Å². The van der Waals surface area contributed by atoms with Crippen LogP contribution in [0.2, 0.25) is 0 Å². The zero-order chi connectivity index (χ0) is 7.98. The van der Waals surface area contributed by atoms with E-state index in [0.29, 0.717) is 5.92 Å². The summed E-state index contributed by atoms with van der Waals surface area (Å²) in [5.41, 5.74) is 0. The van der Waals surface area contributed by atoms with Gasteiger partial charge in [0.15, 0.2) is 0 Å². The van der Waals surface area contributed by atoms with E-state index in [-0.39, 0.29) is 0 Å². The lowest BCUT2D eigenvalue weighted by molar-refractivity contribution is 0.417. The molecule has 0 rings (SSSR count). The Kier molecular flexibility index (Phi) is 5.32. The van der Waals surface area contributed by atoms with Gasteiger partial charge in [0.2, 0.25) is 0 Å². The number of allylic oxidation sites excluding steroid dienone is 1. The van der Waals surface area contributed by atoms with E-state index in [1.54, 1.807) is 0 Å². The van der Waals surface area contributed by atoms with Crippen LogP contribution in [0.15, 0.2) is 12.2 Å². The van der Waals surface area contributed by atoms with Crippen molar-refractivity contribution in [2.75, 3.05) is 20.6 Å². The van der Waals surface area contributed by atoms with E-state index < -0.39 is 0 Å². The lowest BCUT2D eigenvalue weighted by Gasteiger charge is -2.05. The molecule has 0 saturated heterocycles. The third-order valence-electron chi connectivity index (χ3n) is 1.26. The zero-order valence-corrected chi connectivity index (χ0v) is 7.59. The normalized spacial score (nSPS) is 12.2. The molecule has 0 aliphatic heterocycles. The maximum absolute atomic E-state index is 2.25. The first kappa shape index (κ1) is 9.70. The zero-order valence-electron chi connectivity index (χ0n) is 7.59. The molecule has 0 unspecified atom stereocenters. The van der Waals surface area contributed by atoms with Gasteiger partial charge in [-0.1, -0.05) is 26.0 Å². The fraction of sp³-hybridized carbons (Fsp3) is 0.778. The van der Waals surface area contributed by atoms with Crippen molar-refractivity contribution in [3.63, 3.8) is 0 Å². The molecule has 0 aliphatic carbocycles. The summed E-state index contributed by atoms with van der Waals surface area (Å²) in [6.07, 6.45) is 5.68. The summed E-state index contributed by atoms with van der Waals surface area (Å²) in [6.45, 7) is 5.56. The molecule has 0 aromatic carbocycles. The maximum atomic E-state index is 2.25. The van der Waals surface area contributed by atoms with Crippen LogP contribution in [0.1, 0.15) is 20.3 Å². The molecule has 1 nitrogen and oxygen atoms in total. The second-order valence-electron chi connectivity index (χ2n) is 3.26. The van der Waals surface area contributed by atoms with Crippen LogP contribution in [0, 0.1) is 5.92 Å². The average Bonchev–Trinajstić information content (AvgIpc) is 1.79. The first-order valence-electron chi connectivity index (χ1n) is 3.94. The average molecular weight is 141 g/mol. The van der Waals surface area contributed by atoms with Crippen molar-refractivity contribution < 1.29 is 0 Å². The molecular formula is C9H19N. The fourth-order valence-corrected chi connectivity index (χ4v) is 0.701. The molecule has 0 heterocycles. The first-order chi connectivity index (χ1) is 4.63. The molecule has 0 amide bonds. The van der Waals surface area contributed by atoms with Crippen molar-refractivity contribution >= 4 is 0 Å². The van der Waals surface area contributed by atoms with E-state index in [0.717, 1.165) is 6.54 Å². The van der Waals surface area contributed by atoms with Crippen molar-refractivity contribution in [1.29, 1.82) is 0 Å². The lowest BCUT2D eigenvalue weighted by Crippen LogP contribution is -2.11. The van der Waals surface area contributed by atoms with Crippen LogP contribution < -0.4 is 0 Å². The van der Waals surface area contributed by atoms with Gasteiger partial charge in [-0.05, 0) is 26.4 Å². The predicted molar refractivity (Wildman–Crippen MR) is 47.1 cm³/mol. The van der Waals surface area contributed by atoms with Crippen LogP contribution in [0.25, 0.3) is 0 Å². The van der Waals surface area contributed by atoms with Crippen LogP contribution in [0.5, 0.6) is 0 Å². The third-order valence-corrected chi connectivity index (χ3v) is 1.26. The van der Waals surface area contributed by atoms with Gasteiger partial charge >= 0.3 is 0 Å². The Morgan fingerprint density at radius 1 is 1.30 bits per heavy atom. The van der Waals surface area contributed by atoms with Crippen molar-refractivity contribution in [2.24, 2.45) is 5.92 Å². The highest BCUT2D eigenvalue weighted by atomic mass is 15.0. The molecule has 1 heteroatoms. The Balaban J connectivity index is 3.19. The van der Waals surface area contributed by atoms with Crippen LogP contribution in [-0.2, 0) is 0 Å². The SMILES string of the molecule is CC(C)C=CCCN(C)C. The van der Waals surface area contributed by atoms with E-state index in [2.05, 4.69) is 45.0 Å². The molecule has 0 N–H and O–H groups in total. The summed E-state index contributed by atoms with van der Waals surface area (Å²) in [5, 5.41) is 0. The van der Waals surface area contributed by atoms with Gasteiger partial charge in [0.25, 0.3) is 0 Å². The van der Waals surface area contributed by atoms with Crippen LogP contribution in [0.3, 0.4) is 0 Å². The highest BCUT2D eigenvalue weighted by Gasteiger charge is 1.86. The summed E-state index contributed by atoms with van der Waals surface area (Å²) in [7, 11) is 4.20. The highest BCUT2D eigenvalue weighted by molar-refractivity contribution is 4.84. The fourth-order valence-electron chi connectivity index (χ4n) is 0.701. The Morgan fingerprint density at radius 2 is 1.90 bits per heavy atom.